The number of hydrogen-bond acceptors (Lipinski definition) is 3. The third-order valence-electron chi connectivity index (χ3n) is 4.47. The lowest BCUT2D eigenvalue weighted by Crippen LogP contribution is -2.23. The molecule has 2 heterocycles. The van der Waals surface area contributed by atoms with Crippen LogP contribution in [0.15, 0.2) is 48.5 Å². The highest BCUT2D eigenvalue weighted by Gasteiger charge is 2.34. The summed E-state index contributed by atoms with van der Waals surface area (Å²) in [4.78, 5) is 29.1. The molecular formula is C19H18N4O2. The number of carbonyl (C=O) groups is 2. The molecule has 3 aromatic rings. The first-order valence-corrected chi connectivity index (χ1v) is 8.32. The Hall–Kier alpha value is -3.15. The fraction of sp³-hybridized carbons (Fsp3) is 0.211. The third-order valence-corrected chi connectivity index (χ3v) is 4.47. The van der Waals surface area contributed by atoms with Crippen molar-refractivity contribution in [2.75, 3.05) is 10.6 Å². The van der Waals surface area contributed by atoms with Crippen molar-refractivity contribution in [3.8, 4) is 0 Å². The molecule has 0 spiro atoms. The van der Waals surface area contributed by atoms with E-state index in [4.69, 9.17) is 0 Å². The minimum Gasteiger partial charge on any atom is -0.326 e. The molecule has 1 atom stereocenters. The molecule has 25 heavy (non-hydrogen) atoms. The SMILES string of the molecule is CCc1ccc(NC(=O)C[C@@H]2C(=O)Nc3nc4ccccc4n32)cc1. The molecule has 126 valence electrons. The van der Waals surface area contributed by atoms with E-state index in [0.29, 0.717) is 5.95 Å². The molecule has 4 rings (SSSR count). The van der Waals surface area contributed by atoms with Crippen molar-refractivity contribution in [3.05, 3.63) is 54.1 Å². The van der Waals surface area contributed by atoms with E-state index in [1.807, 2.05) is 48.5 Å². The van der Waals surface area contributed by atoms with Crippen LogP contribution >= 0.6 is 0 Å². The first-order valence-electron chi connectivity index (χ1n) is 8.32. The maximum absolute atomic E-state index is 12.4. The number of nitrogens with one attached hydrogen (secondary N) is 2. The maximum Gasteiger partial charge on any atom is 0.250 e. The minimum atomic E-state index is -0.586. The largest absolute Gasteiger partial charge is 0.326 e. The van der Waals surface area contributed by atoms with Gasteiger partial charge >= 0.3 is 0 Å². The van der Waals surface area contributed by atoms with Crippen LogP contribution in [0.25, 0.3) is 11.0 Å². The summed E-state index contributed by atoms with van der Waals surface area (Å²) in [5.74, 6) is 0.0936. The van der Waals surface area contributed by atoms with Gasteiger partial charge in [-0.1, -0.05) is 31.2 Å². The summed E-state index contributed by atoms with van der Waals surface area (Å²) >= 11 is 0. The molecule has 0 bridgehead atoms. The van der Waals surface area contributed by atoms with E-state index < -0.39 is 6.04 Å². The maximum atomic E-state index is 12.4. The summed E-state index contributed by atoms with van der Waals surface area (Å²) in [5, 5.41) is 5.61. The molecule has 0 radical (unpaired) electrons. The van der Waals surface area contributed by atoms with E-state index in [-0.39, 0.29) is 18.2 Å². The van der Waals surface area contributed by atoms with Crippen LogP contribution in [-0.4, -0.2) is 21.4 Å². The third kappa shape index (κ3) is 2.76. The average Bonchev–Trinajstić information content (AvgIpc) is 3.11. The quantitative estimate of drug-likeness (QED) is 0.770. The lowest BCUT2D eigenvalue weighted by molar-refractivity contribution is -0.123. The Labute approximate surface area is 144 Å². The number of para-hydroxylation sites is 2. The Balaban J connectivity index is 1.54. The highest BCUT2D eigenvalue weighted by atomic mass is 16.2. The normalized spacial score (nSPS) is 15.9. The fourth-order valence-corrected chi connectivity index (χ4v) is 3.15. The molecule has 1 aliphatic rings. The lowest BCUT2D eigenvalue weighted by atomic mass is 10.1. The second-order valence-corrected chi connectivity index (χ2v) is 6.10. The molecule has 0 saturated heterocycles. The highest BCUT2D eigenvalue weighted by Crippen LogP contribution is 2.32. The van der Waals surface area contributed by atoms with E-state index in [9.17, 15) is 9.59 Å². The predicted molar refractivity (Wildman–Crippen MR) is 96.5 cm³/mol. The van der Waals surface area contributed by atoms with Gasteiger partial charge in [-0.15, -0.1) is 0 Å². The number of fused-ring (bicyclic) bond motifs is 3. The van der Waals surface area contributed by atoms with E-state index in [0.717, 1.165) is 23.1 Å². The van der Waals surface area contributed by atoms with Gasteiger partial charge in [-0.25, -0.2) is 4.98 Å². The smallest absolute Gasteiger partial charge is 0.250 e. The first-order chi connectivity index (χ1) is 12.2. The van der Waals surface area contributed by atoms with Gasteiger partial charge in [0.15, 0.2) is 0 Å². The summed E-state index contributed by atoms with van der Waals surface area (Å²) in [6, 6.07) is 14.7. The fourth-order valence-electron chi connectivity index (χ4n) is 3.15. The zero-order chi connectivity index (χ0) is 17.4. The zero-order valence-corrected chi connectivity index (χ0v) is 13.8. The number of amides is 2. The van der Waals surface area contributed by atoms with Gasteiger partial charge in [0.05, 0.1) is 17.5 Å². The number of carbonyl (C=O) groups excluding carboxylic acids is 2. The number of aromatic nitrogens is 2. The first kappa shape index (κ1) is 15.4. The Morgan fingerprint density at radius 2 is 1.96 bits per heavy atom. The monoisotopic (exact) mass is 334 g/mol. The molecule has 2 aromatic carbocycles. The van der Waals surface area contributed by atoms with E-state index in [1.165, 1.54) is 5.56 Å². The van der Waals surface area contributed by atoms with Gasteiger partial charge in [0.25, 0.3) is 0 Å². The number of anilines is 2. The summed E-state index contributed by atoms with van der Waals surface area (Å²) in [6.07, 6.45) is 1.02. The Morgan fingerprint density at radius 3 is 2.72 bits per heavy atom. The standard InChI is InChI=1S/C19H18N4O2/c1-2-12-7-9-13(10-8-12)20-17(24)11-16-18(25)22-19-21-14-5-3-4-6-15(14)23(16)19/h3-10,16H,2,11H2,1H3,(H,20,24)(H,21,22,25)/t16-/m1/s1. The van der Waals surface area contributed by atoms with E-state index in [1.54, 1.807) is 4.57 Å². The predicted octanol–water partition coefficient (Wildman–Crippen LogP) is 3.12. The van der Waals surface area contributed by atoms with Crippen LogP contribution in [0.2, 0.25) is 0 Å². The number of rotatable bonds is 4. The van der Waals surface area contributed by atoms with Crippen molar-refractivity contribution >= 4 is 34.5 Å². The minimum absolute atomic E-state index is 0.0642. The van der Waals surface area contributed by atoms with Gasteiger partial charge in [0.2, 0.25) is 17.8 Å². The summed E-state index contributed by atoms with van der Waals surface area (Å²) < 4.78 is 1.80. The van der Waals surface area contributed by atoms with E-state index in [2.05, 4.69) is 22.5 Å². The van der Waals surface area contributed by atoms with Crippen LogP contribution < -0.4 is 10.6 Å². The van der Waals surface area contributed by atoms with Gasteiger partial charge in [0, 0.05) is 5.69 Å². The molecule has 0 aliphatic carbocycles. The van der Waals surface area contributed by atoms with Crippen molar-refractivity contribution in [1.82, 2.24) is 9.55 Å². The van der Waals surface area contributed by atoms with Gasteiger partial charge in [-0.3, -0.25) is 19.5 Å². The van der Waals surface area contributed by atoms with Gasteiger partial charge in [-0.2, -0.15) is 0 Å². The molecule has 0 unspecified atom stereocenters. The van der Waals surface area contributed by atoms with Gasteiger partial charge in [-0.05, 0) is 36.2 Å². The zero-order valence-electron chi connectivity index (χ0n) is 13.8. The number of nitrogens with zero attached hydrogens (tertiary/aromatic N) is 2. The Kier molecular flexibility index (Phi) is 3.72. The van der Waals surface area contributed by atoms with Gasteiger partial charge in [0.1, 0.15) is 6.04 Å². The Bertz CT molecular complexity index is 959. The number of imidazole rings is 1. The van der Waals surface area contributed by atoms with Crippen molar-refractivity contribution in [2.24, 2.45) is 0 Å². The molecule has 6 heteroatoms. The molecule has 1 aromatic heterocycles. The van der Waals surface area contributed by atoms with Crippen LogP contribution in [0.4, 0.5) is 11.6 Å². The van der Waals surface area contributed by atoms with Crippen molar-refractivity contribution in [3.63, 3.8) is 0 Å². The second-order valence-electron chi connectivity index (χ2n) is 6.10. The number of hydrogen-bond donors (Lipinski definition) is 2. The number of benzene rings is 2. The summed E-state index contributed by atoms with van der Waals surface area (Å²) in [5.41, 5.74) is 3.60. The van der Waals surface area contributed by atoms with Gasteiger partial charge < -0.3 is 5.32 Å². The molecule has 6 nitrogen and oxygen atoms in total. The molecule has 2 N–H and O–H groups in total. The molecule has 1 aliphatic heterocycles. The molecule has 2 amide bonds. The van der Waals surface area contributed by atoms with Crippen molar-refractivity contribution in [1.29, 1.82) is 0 Å². The molecular weight excluding hydrogens is 316 g/mol. The highest BCUT2D eigenvalue weighted by molar-refractivity contribution is 6.03. The molecule has 0 fully saturated rings. The van der Waals surface area contributed by atoms with Crippen LogP contribution in [0.5, 0.6) is 0 Å². The van der Waals surface area contributed by atoms with E-state index >= 15 is 0 Å². The van der Waals surface area contributed by atoms with Crippen LogP contribution in [0.3, 0.4) is 0 Å². The summed E-state index contributed by atoms with van der Waals surface area (Å²) in [7, 11) is 0. The molecule has 0 saturated carbocycles. The van der Waals surface area contributed by atoms with Crippen LogP contribution in [0, 0.1) is 0 Å². The van der Waals surface area contributed by atoms with Crippen LogP contribution in [-0.2, 0) is 16.0 Å². The van der Waals surface area contributed by atoms with Crippen molar-refractivity contribution in [2.45, 2.75) is 25.8 Å². The topological polar surface area (TPSA) is 76.0 Å². The summed E-state index contributed by atoms with van der Waals surface area (Å²) in [6.45, 7) is 2.08. The van der Waals surface area contributed by atoms with Crippen molar-refractivity contribution < 1.29 is 9.59 Å². The lowest BCUT2D eigenvalue weighted by Gasteiger charge is -2.12. The number of aryl methyl sites for hydroxylation is 1. The van der Waals surface area contributed by atoms with Crippen LogP contribution in [0.1, 0.15) is 24.9 Å². The average molecular weight is 334 g/mol. The second kappa shape index (κ2) is 6.05. The Morgan fingerprint density at radius 1 is 1.20 bits per heavy atom.